The number of benzene rings is 2. The van der Waals surface area contributed by atoms with Crippen molar-refractivity contribution in [1.82, 2.24) is 0 Å². The topological polar surface area (TPSA) is 12.0 Å². The van der Waals surface area contributed by atoms with Gasteiger partial charge in [0.2, 0.25) is 0 Å². The molecule has 0 aliphatic carbocycles. The van der Waals surface area contributed by atoms with Crippen LogP contribution < -0.4 is 5.32 Å². The first-order valence-electron chi connectivity index (χ1n) is 5.90. The first-order chi connectivity index (χ1) is 8.66. The summed E-state index contributed by atoms with van der Waals surface area (Å²) < 4.78 is 1.08. The van der Waals surface area contributed by atoms with Gasteiger partial charge in [0.15, 0.2) is 0 Å². The van der Waals surface area contributed by atoms with Gasteiger partial charge in [-0.3, -0.25) is 0 Å². The molecule has 0 heterocycles. The second-order valence-electron chi connectivity index (χ2n) is 4.28. The normalized spacial score (nSPS) is 10.1. The van der Waals surface area contributed by atoms with Gasteiger partial charge >= 0.3 is 0 Å². The van der Waals surface area contributed by atoms with E-state index in [0.29, 0.717) is 0 Å². The molecule has 0 saturated carbocycles. The minimum atomic E-state index is 0.751. The number of aryl methyl sites for hydroxylation is 1. The van der Waals surface area contributed by atoms with Crippen molar-refractivity contribution >= 4 is 27.2 Å². The molecule has 92 valence electrons. The van der Waals surface area contributed by atoms with Crippen molar-refractivity contribution < 1.29 is 0 Å². The van der Waals surface area contributed by atoms with Gasteiger partial charge in [-0.25, -0.2) is 0 Å². The van der Waals surface area contributed by atoms with E-state index in [-0.39, 0.29) is 0 Å². The maximum absolute atomic E-state index is 4.12. The molecule has 0 fully saturated rings. The molecule has 2 aromatic carbocycles. The van der Waals surface area contributed by atoms with Crippen LogP contribution in [0.2, 0.25) is 0 Å². The lowest BCUT2D eigenvalue weighted by Crippen LogP contribution is -2.04. The van der Waals surface area contributed by atoms with Gasteiger partial charge in [0.25, 0.3) is 0 Å². The number of hydrogen-bond acceptors (Lipinski definition) is 1. The van der Waals surface area contributed by atoms with Crippen molar-refractivity contribution in [1.29, 1.82) is 0 Å². The summed E-state index contributed by atoms with van der Waals surface area (Å²) in [6.45, 7) is 6.97. The van der Waals surface area contributed by atoms with Crippen molar-refractivity contribution in [3.8, 4) is 0 Å². The molecule has 0 radical (unpaired) electrons. The smallest absolute Gasteiger partial charge is 0.0400 e. The Morgan fingerprint density at radius 2 is 1.89 bits per heavy atom. The van der Waals surface area contributed by atoms with Crippen LogP contribution in [0.25, 0.3) is 5.57 Å². The Bertz CT molecular complexity index is 546. The van der Waals surface area contributed by atoms with Crippen molar-refractivity contribution in [2.45, 2.75) is 6.92 Å². The highest BCUT2D eigenvalue weighted by Gasteiger charge is 2.01. The van der Waals surface area contributed by atoms with E-state index >= 15 is 0 Å². The van der Waals surface area contributed by atoms with E-state index in [1.54, 1.807) is 0 Å². The van der Waals surface area contributed by atoms with Crippen LogP contribution >= 0.6 is 15.9 Å². The highest BCUT2D eigenvalue weighted by molar-refractivity contribution is 9.10. The van der Waals surface area contributed by atoms with Gasteiger partial charge in [-0.05, 0) is 35.8 Å². The molecule has 2 rings (SSSR count). The first-order valence-corrected chi connectivity index (χ1v) is 6.69. The summed E-state index contributed by atoms with van der Waals surface area (Å²) in [7, 11) is 0. The van der Waals surface area contributed by atoms with Crippen LogP contribution in [0.15, 0.2) is 59.6 Å². The zero-order valence-corrected chi connectivity index (χ0v) is 12.0. The first kappa shape index (κ1) is 12.9. The largest absolute Gasteiger partial charge is 0.381 e. The van der Waals surface area contributed by atoms with Gasteiger partial charge in [0, 0.05) is 16.7 Å². The molecule has 2 heteroatoms. The van der Waals surface area contributed by atoms with Crippen LogP contribution in [-0.4, -0.2) is 6.54 Å². The molecule has 0 bridgehead atoms. The lowest BCUT2D eigenvalue weighted by atomic mass is 10.1. The second-order valence-corrected chi connectivity index (χ2v) is 5.20. The van der Waals surface area contributed by atoms with E-state index in [9.17, 15) is 0 Å². The quantitative estimate of drug-likeness (QED) is 0.848. The summed E-state index contributed by atoms with van der Waals surface area (Å²) >= 11 is 3.49. The van der Waals surface area contributed by atoms with Crippen LogP contribution in [0.3, 0.4) is 0 Å². The van der Waals surface area contributed by atoms with E-state index < -0.39 is 0 Å². The fraction of sp³-hybridized carbons (Fsp3) is 0.125. The van der Waals surface area contributed by atoms with Gasteiger partial charge in [0.05, 0.1) is 0 Å². The lowest BCUT2D eigenvalue weighted by molar-refractivity contribution is 1.30. The minimum Gasteiger partial charge on any atom is -0.381 e. The second kappa shape index (κ2) is 5.87. The number of nitrogens with one attached hydrogen (secondary N) is 1. The number of rotatable bonds is 4. The maximum Gasteiger partial charge on any atom is 0.0400 e. The van der Waals surface area contributed by atoms with Crippen molar-refractivity contribution in [2.75, 3.05) is 11.9 Å². The average molecular weight is 302 g/mol. The third-order valence-electron chi connectivity index (χ3n) is 2.87. The SMILES string of the molecule is C=C(CNc1cc(Br)ccc1C)c1ccccc1. The average Bonchev–Trinajstić information content (AvgIpc) is 2.40. The van der Waals surface area contributed by atoms with Crippen LogP contribution in [-0.2, 0) is 0 Å². The van der Waals surface area contributed by atoms with Crippen LogP contribution in [0, 0.1) is 6.92 Å². The number of anilines is 1. The zero-order chi connectivity index (χ0) is 13.0. The summed E-state index contributed by atoms with van der Waals surface area (Å²) in [5.74, 6) is 0. The molecular formula is C16H16BrN. The number of halogens is 1. The molecule has 0 aromatic heterocycles. The summed E-state index contributed by atoms with van der Waals surface area (Å²) in [5.41, 5.74) is 4.65. The van der Waals surface area contributed by atoms with Gasteiger partial charge in [-0.2, -0.15) is 0 Å². The van der Waals surface area contributed by atoms with E-state index in [1.807, 2.05) is 24.3 Å². The van der Waals surface area contributed by atoms with E-state index in [4.69, 9.17) is 0 Å². The molecule has 0 amide bonds. The third kappa shape index (κ3) is 3.23. The molecule has 18 heavy (non-hydrogen) atoms. The molecule has 2 aromatic rings. The van der Waals surface area contributed by atoms with Crippen LogP contribution in [0.5, 0.6) is 0 Å². The molecule has 0 atom stereocenters. The molecular weight excluding hydrogens is 286 g/mol. The Kier molecular flexibility index (Phi) is 4.21. The van der Waals surface area contributed by atoms with Gasteiger partial charge in [-0.1, -0.05) is 58.9 Å². The van der Waals surface area contributed by atoms with Gasteiger partial charge in [0.1, 0.15) is 0 Å². The Morgan fingerprint density at radius 1 is 1.17 bits per heavy atom. The highest BCUT2D eigenvalue weighted by Crippen LogP contribution is 2.21. The van der Waals surface area contributed by atoms with Gasteiger partial charge < -0.3 is 5.32 Å². The fourth-order valence-electron chi connectivity index (χ4n) is 1.76. The predicted molar refractivity (Wildman–Crippen MR) is 82.8 cm³/mol. The van der Waals surface area contributed by atoms with Crippen LogP contribution in [0.4, 0.5) is 5.69 Å². The molecule has 0 unspecified atom stereocenters. The molecule has 1 N–H and O–H groups in total. The number of hydrogen-bond donors (Lipinski definition) is 1. The minimum absolute atomic E-state index is 0.751. The van der Waals surface area contributed by atoms with E-state index in [2.05, 4.69) is 59.0 Å². The van der Waals surface area contributed by atoms with Gasteiger partial charge in [-0.15, -0.1) is 0 Å². The monoisotopic (exact) mass is 301 g/mol. The van der Waals surface area contributed by atoms with Crippen LogP contribution in [0.1, 0.15) is 11.1 Å². The maximum atomic E-state index is 4.12. The van der Waals surface area contributed by atoms with Crippen molar-refractivity contribution in [3.63, 3.8) is 0 Å². The van der Waals surface area contributed by atoms with E-state index in [1.165, 1.54) is 11.1 Å². The lowest BCUT2D eigenvalue weighted by Gasteiger charge is -2.12. The van der Waals surface area contributed by atoms with E-state index in [0.717, 1.165) is 22.3 Å². The summed E-state index contributed by atoms with van der Waals surface area (Å²) in [6, 6.07) is 16.5. The standard InChI is InChI=1S/C16H16BrN/c1-12-8-9-15(17)10-16(12)18-11-13(2)14-6-4-3-5-7-14/h3-10,18H,2,11H2,1H3. The Hall–Kier alpha value is -1.54. The molecule has 0 aliphatic heterocycles. The predicted octanol–water partition coefficient (Wildman–Crippen LogP) is 4.88. The summed E-state index contributed by atoms with van der Waals surface area (Å²) in [4.78, 5) is 0. The Labute approximate surface area is 117 Å². The molecule has 1 nitrogen and oxygen atoms in total. The summed E-state index contributed by atoms with van der Waals surface area (Å²) in [6.07, 6.45) is 0. The molecule has 0 aliphatic rings. The molecule has 0 saturated heterocycles. The van der Waals surface area contributed by atoms with Crippen molar-refractivity contribution in [3.05, 3.63) is 70.7 Å². The molecule has 0 spiro atoms. The highest BCUT2D eigenvalue weighted by atomic mass is 79.9. The zero-order valence-electron chi connectivity index (χ0n) is 10.4. The van der Waals surface area contributed by atoms with Crippen molar-refractivity contribution in [2.24, 2.45) is 0 Å². The Morgan fingerprint density at radius 3 is 2.61 bits per heavy atom. The fourth-order valence-corrected chi connectivity index (χ4v) is 2.12. The third-order valence-corrected chi connectivity index (χ3v) is 3.37. The summed E-state index contributed by atoms with van der Waals surface area (Å²) in [5, 5.41) is 3.42. The Balaban J connectivity index is 2.04.